The maximum absolute atomic E-state index is 13.2. The number of carbonyl (C=O) groups excluding carboxylic acids is 2. The summed E-state index contributed by atoms with van der Waals surface area (Å²) in [5.41, 5.74) is 2.12. The van der Waals surface area contributed by atoms with Crippen LogP contribution in [0.5, 0.6) is 0 Å². The number of thiophene rings is 1. The van der Waals surface area contributed by atoms with Gasteiger partial charge in [-0.25, -0.2) is 9.18 Å². The Morgan fingerprint density at radius 3 is 2.55 bits per heavy atom. The molecule has 4 rings (SSSR count). The maximum Gasteiger partial charge on any atom is 0.348 e. The van der Waals surface area contributed by atoms with Gasteiger partial charge in [-0.15, -0.1) is 11.3 Å². The van der Waals surface area contributed by atoms with Crippen molar-refractivity contribution in [3.63, 3.8) is 0 Å². The molecule has 1 fully saturated rings. The van der Waals surface area contributed by atoms with Crippen molar-refractivity contribution in [3.05, 3.63) is 57.0 Å². The lowest BCUT2D eigenvalue weighted by Crippen LogP contribution is -2.43. The van der Waals surface area contributed by atoms with Crippen LogP contribution in [0.1, 0.15) is 64.2 Å². The van der Waals surface area contributed by atoms with E-state index in [0.717, 1.165) is 50.5 Å². The van der Waals surface area contributed by atoms with Crippen LogP contribution in [0.2, 0.25) is 0 Å². The number of ether oxygens (including phenoxy) is 1. The molecule has 1 aromatic carbocycles. The fourth-order valence-electron chi connectivity index (χ4n) is 4.31. The zero-order chi connectivity index (χ0) is 20.2. The summed E-state index contributed by atoms with van der Waals surface area (Å²) in [6.07, 6.45) is 8.49. The first-order chi connectivity index (χ1) is 14.1. The van der Waals surface area contributed by atoms with Crippen LogP contribution >= 0.6 is 11.3 Å². The van der Waals surface area contributed by atoms with Crippen molar-refractivity contribution < 1.29 is 18.7 Å². The molecule has 29 heavy (non-hydrogen) atoms. The summed E-state index contributed by atoms with van der Waals surface area (Å²) in [5.74, 6) is -0.886. The van der Waals surface area contributed by atoms with Gasteiger partial charge < -0.3 is 9.64 Å². The molecule has 6 heteroatoms. The molecule has 1 saturated carbocycles. The van der Waals surface area contributed by atoms with Crippen molar-refractivity contribution in [1.29, 1.82) is 0 Å². The minimum Gasteiger partial charge on any atom is -0.451 e. The molecule has 0 saturated heterocycles. The number of hydrogen-bond donors (Lipinski definition) is 0. The highest BCUT2D eigenvalue weighted by Gasteiger charge is 2.27. The molecular weight excluding hydrogens is 389 g/mol. The molecule has 0 atom stereocenters. The lowest BCUT2D eigenvalue weighted by atomic mass is 9.93. The van der Waals surface area contributed by atoms with Gasteiger partial charge in [0, 0.05) is 17.5 Å². The van der Waals surface area contributed by atoms with E-state index in [-0.39, 0.29) is 24.4 Å². The highest BCUT2D eigenvalue weighted by molar-refractivity contribution is 7.14. The number of benzene rings is 1. The van der Waals surface area contributed by atoms with Crippen molar-refractivity contribution >= 4 is 23.2 Å². The average molecular weight is 416 g/mol. The number of aryl methyl sites for hydroxylation is 2. The van der Waals surface area contributed by atoms with Gasteiger partial charge in [0.05, 0.1) is 0 Å². The highest BCUT2D eigenvalue weighted by atomic mass is 32.1. The first-order valence-electron chi connectivity index (χ1n) is 10.4. The molecule has 2 aliphatic carbocycles. The van der Waals surface area contributed by atoms with E-state index in [1.807, 2.05) is 11.0 Å². The van der Waals surface area contributed by atoms with Gasteiger partial charge in [-0.2, -0.15) is 0 Å². The Balaban J connectivity index is 1.40. The molecule has 154 valence electrons. The minimum atomic E-state index is -0.414. The number of nitrogens with zero attached hydrogens (tertiary/aromatic N) is 1. The molecule has 2 aromatic rings. The average Bonchev–Trinajstić information content (AvgIpc) is 3.34. The van der Waals surface area contributed by atoms with Gasteiger partial charge in [0.15, 0.2) is 6.61 Å². The smallest absolute Gasteiger partial charge is 0.348 e. The summed E-state index contributed by atoms with van der Waals surface area (Å²) in [4.78, 5) is 29.1. The fourth-order valence-corrected chi connectivity index (χ4v) is 5.46. The van der Waals surface area contributed by atoms with Crippen LogP contribution in [0.15, 0.2) is 30.3 Å². The van der Waals surface area contributed by atoms with Crippen LogP contribution in [-0.4, -0.2) is 29.4 Å². The van der Waals surface area contributed by atoms with Gasteiger partial charge >= 0.3 is 5.97 Å². The summed E-state index contributed by atoms with van der Waals surface area (Å²) in [7, 11) is 0. The standard InChI is InChI=1S/C23H26FNO3S/c24-18-11-9-16(10-12-18)14-25(19-6-2-1-3-7-19)22(26)15-28-23(27)21-13-17-5-4-8-20(17)29-21/h9-13,19H,1-8,14-15H2. The van der Waals surface area contributed by atoms with Gasteiger partial charge in [-0.05, 0) is 61.4 Å². The summed E-state index contributed by atoms with van der Waals surface area (Å²) >= 11 is 1.49. The summed E-state index contributed by atoms with van der Waals surface area (Å²) in [6.45, 7) is 0.160. The number of esters is 1. The van der Waals surface area contributed by atoms with Gasteiger partial charge in [0.1, 0.15) is 10.7 Å². The van der Waals surface area contributed by atoms with Crippen LogP contribution in [0.4, 0.5) is 4.39 Å². The van der Waals surface area contributed by atoms with Crippen LogP contribution in [0.3, 0.4) is 0 Å². The summed E-state index contributed by atoms with van der Waals surface area (Å²) in [6, 6.07) is 8.29. The minimum absolute atomic E-state index is 0.144. The van der Waals surface area contributed by atoms with Gasteiger partial charge in [-0.1, -0.05) is 31.4 Å². The zero-order valence-electron chi connectivity index (χ0n) is 16.5. The van der Waals surface area contributed by atoms with Crippen molar-refractivity contribution in [1.82, 2.24) is 4.90 Å². The number of hydrogen-bond acceptors (Lipinski definition) is 4. The first-order valence-corrected chi connectivity index (χ1v) is 11.2. The van der Waals surface area contributed by atoms with Crippen molar-refractivity contribution in [2.45, 2.75) is 64.0 Å². The predicted octanol–water partition coefficient (Wildman–Crippen LogP) is 4.89. The van der Waals surface area contributed by atoms with E-state index >= 15 is 0 Å². The maximum atomic E-state index is 13.2. The quantitative estimate of drug-likeness (QED) is 0.631. The molecular formula is C23H26FNO3S. The second-order valence-corrected chi connectivity index (χ2v) is 9.07. The van der Waals surface area contributed by atoms with E-state index in [1.165, 1.54) is 40.3 Å². The second-order valence-electron chi connectivity index (χ2n) is 7.93. The molecule has 1 heterocycles. The number of carbonyl (C=O) groups is 2. The molecule has 1 aromatic heterocycles. The third-order valence-corrected chi connectivity index (χ3v) is 7.09. The lowest BCUT2D eigenvalue weighted by molar-refractivity contribution is -0.138. The molecule has 0 aliphatic heterocycles. The monoisotopic (exact) mass is 415 g/mol. The van der Waals surface area contributed by atoms with E-state index in [2.05, 4.69) is 0 Å². The molecule has 2 aliphatic rings. The van der Waals surface area contributed by atoms with E-state index in [4.69, 9.17) is 4.74 Å². The Kier molecular flexibility index (Phi) is 6.28. The normalized spacial score (nSPS) is 16.4. The number of halogens is 1. The van der Waals surface area contributed by atoms with Crippen molar-refractivity contribution in [2.24, 2.45) is 0 Å². The lowest BCUT2D eigenvalue weighted by Gasteiger charge is -2.34. The number of rotatable bonds is 6. The van der Waals surface area contributed by atoms with Crippen LogP contribution in [0.25, 0.3) is 0 Å². The topological polar surface area (TPSA) is 46.6 Å². The third-order valence-electron chi connectivity index (χ3n) is 5.88. The van der Waals surface area contributed by atoms with Crippen LogP contribution in [-0.2, 0) is 28.9 Å². The van der Waals surface area contributed by atoms with Gasteiger partial charge in [0.2, 0.25) is 0 Å². The first kappa shape index (κ1) is 20.1. The van der Waals surface area contributed by atoms with E-state index in [9.17, 15) is 14.0 Å². The predicted molar refractivity (Wildman–Crippen MR) is 110 cm³/mol. The Labute approximate surface area is 174 Å². The van der Waals surface area contributed by atoms with Gasteiger partial charge in [-0.3, -0.25) is 4.79 Å². The van der Waals surface area contributed by atoms with Crippen molar-refractivity contribution in [3.8, 4) is 0 Å². The molecule has 4 nitrogen and oxygen atoms in total. The Morgan fingerprint density at radius 2 is 1.83 bits per heavy atom. The van der Waals surface area contributed by atoms with Crippen LogP contribution < -0.4 is 0 Å². The molecule has 0 N–H and O–H groups in total. The third kappa shape index (κ3) is 4.86. The Morgan fingerprint density at radius 1 is 1.07 bits per heavy atom. The second kappa shape index (κ2) is 9.08. The SMILES string of the molecule is O=C(OCC(=O)N(Cc1ccc(F)cc1)C1CCCCC1)c1cc2c(s1)CCC2. The molecule has 1 amide bonds. The van der Waals surface area contributed by atoms with E-state index in [1.54, 1.807) is 12.1 Å². The Hall–Kier alpha value is -2.21. The molecule has 0 spiro atoms. The van der Waals surface area contributed by atoms with E-state index < -0.39 is 5.97 Å². The molecule has 0 unspecified atom stereocenters. The highest BCUT2D eigenvalue weighted by Crippen LogP contribution is 2.31. The van der Waals surface area contributed by atoms with Crippen molar-refractivity contribution in [2.75, 3.05) is 6.61 Å². The number of fused-ring (bicyclic) bond motifs is 1. The summed E-state index contributed by atoms with van der Waals surface area (Å²) in [5, 5.41) is 0. The van der Waals surface area contributed by atoms with Gasteiger partial charge in [0.25, 0.3) is 5.91 Å². The zero-order valence-corrected chi connectivity index (χ0v) is 17.3. The largest absolute Gasteiger partial charge is 0.451 e. The molecule has 0 radical (unpaired) electrons. The summed E-state index contributed by atoms with van der Waals surface area (Å²) < 4.78 is 18.6. The number of amides is 1. The van der Waals surface area contributed by atoms with Crippen LogP contribution in [0, 0.1) is 5.82 Å². The Bertz CT molecular complexity index is 849. The fraction of sp³-hybridized carbons (Fsp3) is 0.478. The molecule has 0 bridgehead atoms. The van der Waals surface area contributed by atoms with E-state index in [0.29, 0.717) is 11.4 Å².